The van der Waals surface area contributed by atoms with E-state index in [4.69, 9.17) is 5.26 Å². The lowest BCUT2D eigenvalue weighted by molar-refractivity contribution is -0.121. The highest BCUT2D eigenvalue weighted by molar-refractivity contribution is 5.93. The monoisotopic (exact) mass is 214 g/mol. The first-order chi connectivity index (χ1) is 7.56. The van der Waals surface area contributed by atoms with E-state index in [0.29, 0.717) is 0 Å². The van der Waals surface area contributed by atoms with Gasteiger partial charge in [0, 0.05) is 18.3 Å². The van der Waals surface area contributed by atoms with Gasteiger partial charge in [0.15, 0.2) is 5.78 Å². The van der Waals surface area contributed by atoms with Crippen molar-refractivity contribution in [2.75, 3.05) is 0 Å². The van der Waals surface area contributed by atoms with Crippen molar-refractivity contribution in [1.82, 2.24) is 4.98 Å². The summed E-state index contributed by atoms with van der Waals surface area (Å²) in [5, 5.41) is 9.11. The Morgan fingerprint density at radius 2 is 2.12 bits per heavy atom. The molecule has 1 aromatic rings. The van der Waals surface area contributed by atoms with Gasteiger partial charge >= 0.3 is 0 Å². The van der Waals surface area contributed by atoms with Crippen LogP contribution in [0.1, 0.15) is 31.7 Å². The van der Waals surface area contributed by atoms with E-state index in [1.54, 1.807) is 24.5 Å². The predicted octanol–water partition coefficient (Wildman–Crippen LogP) is 2.30. The zero-order valence-corrected chi connectivity index (χ0v) is 9.47. The van der Waals surface area contributed by atoms with Crippen molar-refractivity contribution < 1.29 is 4.79 Å². The third-order valence-electron chi connectivity index (χ3n) is 3.31. The van der Waals surface area contributed by atoms with Crippen molar-refractivity contribution in [1.29, 1.82) is 5.26 Å². The van der Waals surface area contributed by atoms with Crippen LogP contribution in [0.15, 0.2) is 24.5 Å². The molecule has 3 nitrogen and oxygen atoms in total. The van der Waals surface area contributed by atoms with Crippen molar-refractivity contribution in [3.05, 3.63) is 30.1 Å². The Morgan fingerprint density at radius 1 is 1.56 bits per heavy atom. The van der Waals surface area contributed by atoms with Crippen molar-refractivity contribution >= 4 is 5.78 Å². The molecule has 0 amide bonds. The number of Topliss-reactive ketones (excluding diaryl/α,β-unsaturated/α-hetero) is 1. The fourth-order valence-electron chi connectivity index (χ4n) is 2.01. The first-order valence-corrected chi connectivity index (χ1v) is 5.39. The molecule has 2 atom stereocenters. The maximum absolute atomic E-state index is 12.1. The minimum absolute atomic E-state index is 0.0466. The summed E-state index contributed by atoms with van der Waals surface area (Å²) in [5.74, 6) is -0.529. The fourth-order valence-corrected chi connectivity index (χ4v) is 2.01. The molecule has 0 bridgehead atoms. The Balaban J connectivity index is 2.20. The zero-order chi connectivity index (χ0) is 11.8. The average Bonchev–Trinajstić information content (AvgIpc) is 2.90. The molecule has 0 N–H and O–H groups in total. The van der Waals surface area contributed by atoms with Crippen LogP contribution in [0.4, 0.5) is 0 Å². The van der Waals surface area contributed by atoms with Gasteiger partial charge in [0.1, 0.15) is 5.92 Å². The fraction of sp³-hybridized carbons (Fsp3) is 0.462. The second-order valence-corrected chi connectivity index (χ2v) is 4.99. The summed E-state index contributed by atoms with van der Waals surface area (Å²) < 4.78 is 0. The Bertz CT molecular complexity index is 445. The van der Waals surface area contributed by atoms with Crippen molar-refractivity contribution in [2.24, 2.45) is 11.3 Å². The highest BCUT2D eigenvalue weighted by Crippen LogP contribution is 2.53. The molecule has 82 valence electrons. The van der Waals surface area contributed by atoms with Gasteiger partial charge in [-0.25, -0.2) is 0 Å². The summed E-state index contributed by atoms with van der Waals surface area (Å²) in [6.45, 7) is 4.13. The maximum atomic E-state index is 12.1. The lowest BCUT2D eigenvalue weighted by atomic mass is 9.92. The van der Waals surface area contributed by atoms with E-state index >= 15 is 0 Å². The summed E-state index contributed by atoms with van der Waals surface area (Å²) in [6.07, 6.45) is 4.13. The van der Waals surface area contributed by atoms with E-state index in [-0.39, 0.29) is 17.1 Å². The molecule has 1 aliphatic rings. The van der Waals surface area contributed by atoms with Crippen LogP contribution in [-0.2, 0) is 4.79 Å². The van der Waals surface area contributed by atoms with Gasteiger partial charge in [-0.05, 0) is 29.5 Å². The summed E-state index contributed by atoms with van der Waals surface area (Å²) in [7, 11) is 0. The van der Waals surface area contributed by atoms with Crippen molar-refractivity contribution in [3.63, 3.8) is 0 Å². The number of aromatic nitrogens is 1. The Kier molecular flexibility index (Phi) is 2.51. The minimum atomic E-state index is -0.630. The molecule has 1 fully saturated rings. The van der Waals surface area contributed by atoms with Crippen LogP contribution < -0.4 is 0 Å². The standard InChI is InChI=1S/C13H14N2O/c1-13(2)7-11(13)12(16)10(8-14)9-3-5-15-6-4-9/h3-6,10-11H,7H2,1-2H3. The number of hydrogen-bond acceptors (Lipinski definition) is 3. The van der Waals surface area contributed by atoms with E-state index < -0.39 is 5.92 Å². The van der Waals surface area contributed by atoms with Crippen LogP contribution >= 0.6 is 0 Å². The van der Waals surface area contributed by atoms with Gasteiger partial charge in [0.25, 0.3) is 0 Å². The number of ketones is 1. The normalized spacial score (nSPS) is 23.2. The van der Waals surface area contributed by atoms with Crippen LogP contribution in [0.25, 0.3) is 0 Å². The Hall–Kier alpha value is -1.69. The van der Waals surface area contributed by atoms with Gasteiger partial charge in [-0.15, -0.1) is 0 Å². The number of nitrogens with zero attached hydrogens (tertiary/aromatic N) is 2. The Labute approximate surface area is 95.1 Å². The molecule has 0 radical (unpaired) electrons. The van der Waals surface area contributed by atoms with E-state index in [1.165, 1.54) is 0 Å². The van der Waals surface area contributed by atoms with Gasteiger partial charge in [-0.2, -0.15) is 5.26 Å². The number of hydrogen-bond donors (Lipinski definition) is 0. The molecule has 1 aliphatic carbocycles. The van der Waals surface area contributed by atoms with E-state index in [9.17, 15) is 4.79 Å². The molecule has 2 unspecified atom stereocenters. The molecule has 1 heterocycles. The molecule has 1 saturated carbocycles. The van der Waals surface area contributed by atoms with Crippen LogP contribution in [-0.4, -0.2) is 10.8 Å². The molecular weight excluding hydrogens is 200 g/mol. The zero-order valence-electron chi connectivity index (χ0n) is 9.47. The molecule has 1 aromatic heterocycles. The third kappa shape index (κ3) is 1.83. The molecular formula is C13H14N2O. The second kappa shape index (κ2) is 3.71. The van der Waals surface area contributed by atoms with Gasteiger partial charge in [0.05, 0.1) is 6.07 Å². The lowest BCUT2D eigenvalue weighted by Crippen LogP contribution is -2.15. The van der Waals surface area contributed by atoms with Crippen LogP contribution in [0.5, 0.6) is 0 Å². The summed E-state index contributed by atoms with van der Waals surface area (Å²) in [4.78, 5) is 16.0. The molecule has 0 saturated heterocycles. The maximum Gasteiger partial charge on any atom is 0.158 e. The third-order valence-corrected chi connectivity index (χ3v) is 3.31. The minimum Gasteiger partial charge on any atom is -0.298 e. The Morgan fingerprint density at radius 3 is 2.56 bits per heavy atom. The van der Waals surface area contributed by atoms with Crippen LogP contribution in [0.3, 0.4) is 0 Å². The summed E-state index contributed by atoms with van der Waals surface area (Å²) >= 11 is 0. The van der Waals surface area contributed by atoms with E-state index in [0.717, 1.165) is 12.0 Å². The molecule has 0 aromatic carbocycles. The highest BCUT2D eigenvalue weighted by Gasteiger charge is 2.52. The quantitative estimate of drug-likeness (QED) is 0.775. The average molecular weight is 214 g/mol. The van der Waals surface area contributed by atoms with Crippen LogP contribution in [0, 0.1) is 22.7 Å². The molecule has 16 heavy (non-hydrogen) atoms. The van der Waals surface area contributed by atoms with Gasteiger partial charge in [-0.3, -0.25) is 9.78 Å². The highest BCUT2D eigenvalue weighted by atomic mass is 16.1. The lowest BCUT2D eigenvalue weighted by Gasteiger charge is -2.09. The summed E-state index contributed by atoms with van der Waals surface area (Å²) in [6, 6.07) is 5.57. The number of pyridine rings is 1. The number of carbonyl (C=O) groups is 1. The van der Waals surface area contributed by atoms with Gasteiger partial charge < -0.3 is 0 Å². The topological polar surface area (TPSA) is 53.8 Å². The first-order valence-electron chi connectivity index (χ1n) is 5.39. The molecule has 2 rings (SSSR count). The predicted molar refractivity (Wildman–Crippen MR) is 59.5 cm³/mol. The number of rotatable bonds is 3. The van der Waals surface area contributed by atoms with E-state index in [2.05, 4.69) is 24.9 Å². The van der Waals surface area contributed by atoms with Gasteiger partial charge in [0.2, 0.25) is 0 Å². The molecule has 0 aliphatic heterocycles. The SMILES string of the molecule is CC1(C)CC1C(=O)C(C#N)c1ccncc1. The number of carbonyl (C=O) groups excluding carboxylic acids is 1. The second-order valence-electron chi connectivity index (χ2n) is 4.99. The summed E-state index contributed by atoms with van der Waals surface area (Å²) in [5.41, 5.74) is 0.837. The van der Waals surface area contributed by atoms with E-state index in [1.807, 2.05) is 0 Å². The van der Waals surface area contributed by atoms with Crippen molar-refractivity contribution in [2.45, 2.75) is 26.2 Å². The molecule has 3 heteroatoms. The van der Waals surface area contributed by atoms with Gasteiger partial charge in [-0.1, -0.05) is 13.8 Å². The van der Waals surface area contributed by atoms with Crippen molar-refractivity contribution in [3.8, 4) is 6.07 Å². The largest absolute Gasteiger partial charge is 0.298 e. The van der Waals surface area contributed by atoms with Crippen LogP contribution in [0.2, 0.25) is 0 Å². The number of nitriles is 1. The molecule has 0 spiro atoms. The first kappa shape index (κ1) is 10.8. The smallest absolute Gasteiger partial charge is 0.158 e.